The molecule has 2 rings (SSSR count). The molecular weight excluding hydrogens is 188 g/mol. The van der Waals surface area contributed by atoms with Gasteiger partial charge in [-0.3, -0.25) is 10.6 Å². The maximum atomic E-state index is 10.0. The van der Waals surface area contributed by atoms with Gasteiger partial charge in [-0.2, -0.15) is 0 Å². The van der Waals surface area contributed by atoms with Crippen LogP contribution in [-0.2, 0) is 5.72 Å². The Morgan fingerprint density at radius 3 is 2.54 bits per heavy atom. The lowest BCUT2D eigenvalue weighted by Gasteiger charge is -2.22. The number of nitrogens with one attached hydrogen (secondary N) is 2. The molecule has 0 aliphatic carbocycles. The Labute approximate surface area is 81.7 Å². The van der Waals surface area contributed by atoms with Crippen molar-refractivity contribution in [3.8, 4) is 0 Å². The molecule has 0 aromatic heterocycles. The van der Waals surface area contributed by atoms with E-state index in [9.17, 15) is 5.11 Å². The Hall–Kier alpha value is -0.610. The Kier molecular flexibility index (Phi) is 2.26. The lowest BCUT2D eigenvalue weighted by Crippen LogP contribution is -2.38. The van der Waals surface area contributed by atoms with E-state index in [1.54, 1.807) is 12.1 Å². The molecule has 1 saturated heterocycles. The SMILES string of the molecule is OC1(c2ccc(Cl)cc2)CNCN1. The third kappa shape index (κ3) is 1.69. The van der Waals surface area contributed by atoms with Crippen molar-refractivity contribution in [3.05, 3.63) is 34.9 Å². The summed E-state index contributed by atoms with van der Waals surface area (Å²) < 4.78 is 0. The van der Waals surface area contributed by atoms with E-state index in [0.29, 0.717) is 18.2 Å². The van der Waals surface area contributed by atoms with Crippen LogP contribution < -0.4 is 10.6 Å². The molecule has 0 spiro atoms. The molecule has 3 nitrogen and oxygen atoms in total. The molecule has 13 heavy (non-hydrogen) atoms. The molecule has 1 aliphatic heterocycles. The van der Waals surface area contributed by atoms with Gasteiger partial charge in [-0.05, 0) is 17.7 Å². The maximum Gasteiger partial charge on any atom is 0.155 e. The average Bonchev–Trinajstić information content (AvgIpc) is 2.54. The summed E-state index contributed by atoms with van der Waals surface area (Å²) in [7, 11) is 0. The Balaban J connectivity index is 2.29. The topological polar surface area (TPSA) is 44.3 Å². The number of hydrogen-bond acceptors (Lipinski definition) is 3. The minimum absolute atomic E-state index is 0.522. The predicted octanol–water partition coefficient (Wildman–Crippen LogP) is 0.635. The van der Waals surface area contributed by atoms with Crippen LogP contribution in [0.3, 0.4) is 0 Å². The zero-order valence-corrected chi connectivity index (χ0v) is 7.80. The number of rotatable bonds is 1. The second-order valence-electron chi connectivity index (χ2n) is 3.15. The van der Waals surface area contributed by atoms with Crippen molar-refractivity contribution < 1.29 is 5.11 Å². The predicted molar refractivity (Wildman–Crippen MR) is 51.4 cm³/mol. The van der Waals surface area contributed by atoms with Crippen LogP contribution in [-0.4, -0.2) is 18.3 Å². The van der Waals surface area contributed by atoms with Crippen LogP contribution >= 0.6 is 11.6 Å². The van der Waals surface area contributed by atoms with Gasteiger partial charge in [0.15, 0.2) is 5.72 Å². The monoisotopic (exact) mass is 198 g/mol. The Bertz CT molecular complexity index is 293. The smallest absolute Gasteiger partial charge is 0.155 e. The largest absolute Gasteiger partial charge is 0.370 e. The van der Waals surface area contributed by atoms with Crippen LogP contribution in [0.25, 0.3) is 0 Å². The van der Waals surface area contributed by atoms with Crippen molar-refractivity contribution in [2.75, 3.05) is 13.2 Å². The van der Waals surface area contributed by atoms with Gasteiger partial charge in [-0.15, -0.1) is 0 Å². The summed E-state index contributed by atoms with van der Waals surface area (Å²) in [6.45, 7) is 1.15. The molecule has 4 heteroatoms. The molecule has 1 heterocycles. The van der Waals surface area contributed by atoms with Crippen LogP contribution in [0.15, 0.2) is 24.3 Å². The zero-order chi connectivity index (χ0) is 9.31. The highest BCUT2D eigenvalue weighted by atomic mass is 35.5. The van der Waals surface area contributed by atoms with Crippen molar-refractivity contribution in [3.63, 3.8) is 0 Å². The summed E-state index contributed by atoms with van der Waals surface area (Å²) in [5, 5.41) is 16.7. The molecule has 1 atom stereocenters. The van der Waals surface area contributed by atoms with E-state index >= 15 is 0 Å². The Morgan fingerprint density at radius 2 is 2.00 bits per heavy atom. The van der Waals surface area contributed by atoms with E-state index < -0.39 is 5.72 Å². The highest BCUT2D eigenvalue weighted by Gasteiger charge is 2.31. The third-order valence-corrected chi connectivity index (χ3v) is 2.46. The fraction of sp³-hybridized carbons (Fsp3) is 0.333. The second kappa shape index (κ2) is 3.27. The van der Waals surface area contributed by atoms with E-state index in [4.69, 9.17) is 11.6 Å². The van der Waals surface area contributed by atoms with Crippen molar-refractivity contribution in [1.29, 1.82) is 0 Å². The van der Waals surface area contributed by atoms with Crippen LogP contribution in [0.4, 0.5) is 0 Å². The summed E-state index contributed by atoms with van der Waals surface area (Å²) in [4.78, 5) is 0. The number of aliphatic hydroxyl groups is 1. The highest BCUT2D eigenvalue weighted by molar-refractivity contribution is 6.30. The summed E-state index contributed by atoms with van der Waals surface area (Å²) >= 11 is 5.75. The van der Waals surface area contributed by atoms with Crippen LogP contribution in [0.1, 0.15) is 5.56 Å². The molecule has 0 radical (unpaired) electrons. The van der Waals surface area contributed by atoms with Crippen molar-refractivity contribution in [2.45, 2.75) is 5.72 Å². The number of hydrogen-bond donors (Lipinski definition) is 3. The number of benzene rings is 1. The zero-order valence-electron chi connectivity index (χ0n) is 7.05. The van der Waals surface area contributed by atoms with Crippen LogP contribution in [0.5, 0.6) is 0 Å². The lowest BCUT2D eigenvalue weighted by molar-refractivity contribution is 0.0337. The minimum atomic E-state index is -0.940. The quantitative estimate of drug-likeness (QED) is 0.621. The first-order valence-corrected chi connectivity index (χ1v) is 4.53. The molecule has 1 aromatic carbocycles. The normalized spacial score (nSPS) is 27.8. The van der Waals surface area contributed by atoms with Crippen molar-refractivity contribution >= 4 is 11.6 Å². The van der Waals surface area contributed by atoms with Crippen molar-refractivity contribution in [1.82, 2.24) is 10.6 Å². The van der Waals surface area contributed by atoms with E-state index in [0.717, 1.165) is 5.56 Å². The highest BCUT2D eigenvalue weighted by Crippen LogP contribution is 2.21. The molecular formula is C9H11ClN2O. The summed E-state index contributed by atoms with van der Waals surface area (Å²) in [6, 6.07) is 7.19. The van der Waals surface area contributed by atoms with Crippen LogP contribution in [0.2, 0.25) is 5.02 Å². The molecule has 0 saturated carbocycles. The van der Waals surface area contributed by atoms with Gasteiger partial charge in [-0.25, -0.2) is 0 Å². The van der Waals surface area contributed by atoms with Gasteiger partial charge in [0, 0.05) is 18.2 Å². The molecule has 3 N–H and O–H groups in total. The minimum Gasteiger partial charge on any atom is -0.370 e. The second-order valence-corrected chi connectivity index (χ2v) is 3.58. The average molecular weight is 199 g/mol. The number of β-amino-alcohol motifs (C(OH)–C–C–N with tert-alkyl or cyclic N) is 1. The van der Waals surface area contributed by atoms with E-state index in [2.05, 4.69) is 10.6 Å². The van der Waals surface area contributed by atoms with Gasteiger partial charge < -0.3 is 5.11 Å². The number of halogens is 1. The van der Waals surface area contributed by atoms with Gasteiger partial charge in [-0.1, -0.05) is 23.7 Å². The van der Waals surface area contributed by atoms with E-state index in [1.807, 2.05) is 12.1 Å². The molecule has 1 unspecified atom stereocenters. The van der Waals surface area contributed by atoms with Crippen molar-refractivity contribution in [2.24, 2.45) is 0 Å². The lowest BCUT2D eigenvalue weighted by atomic mass is 10.0. The maximum absolute atomic E-state index is 10.0. The van der Waals surface area contributed by atoms with Gasteiger partial charge in [0.25, 0.3) is 0 Å². The summed E-state index contributed by atoms with van der Waals surface area (Å²) in [6.07, 6.45) is 0. The first-order valence-electron chi connectivity index (χ1n) is 4.15. The first kappa shape index (κ1) is 8.97. The van der Waals surface area contributed by atoms with Gasteiger partial charge in [0.2, 0.25) is 0 Å². The summed E-state index contributed by atoms with van der Waals surface area (Å²) in [5.41, 5.74) is -0.105. The van der Waals surface area contributed by atoms with E-state index in [1.165, 1.54) is 0 Å². The van der Waals surface area contributed by atoms with E-state index in [-0.39, 0.29) is 0 Å². The molecule has 0 amide bonds. The molecule has 1 fully saturated rings. The molecule has 1 aromatic rings. The fourth-order valence-corrected chi connectivity index (χ4v) is 1.57. The first-order chi connectivity index (χ1) is 6.21. The van der Waals surface area contributed by atoms with Crippen LogP contribution in [0, 0.1) is 0 Å². The third-order valence-electron chi connectivity index (χ3n) is 2.21. The van der Waals surface area contributed by atoms with Gasteiger partial charge >= 0.3 is 0 Å². The van der Waals surface area contributed by atoms with Gasteiger partial charge in [0.1, 0.15) is 0 Å². The molecule has 0 bridgehead atoms. The molecule has 70 valence electrons. The molecule has 1 aliphatic rings. The summed E-state index contributed by atoms with van der Waals surface area (Å²) in [5.74, 6) is 0. The standard InChI is InChI=1S/C9H11ClN2O/c10-8-3-1-7(2-4-8)9(13)5-11-6-12-9/h1-4,11-13H,5-6H2. The van der Waals surface area contributed by atoms with Gasteiger partial charge in [0.05, 0.1) is 0 Å². The Morgan fingerprint density at radius 1 is 1.31 bits per heavy atom. The fourth-order valence-electron chi connectivity index (χ4n) is 1.44.